The van der Waals surface area contributed by atoms with Gasteiger partial charge in [-0.1, -0.05) is 0 Å². The van der Waals surface area contributed by atoms with Gasteiger partial charge in [0.05, 0.1) is 18.3 Å². The van der Waals surface area contributed by atoms with Crippen LogP contribution in [0.25, 0.3) is 10.9 Å². The first kappa shape index (κ1) is 19.1. The van der Waals surface area contributed by atoms with Crippen LogP contribution in [-0.2, 0) is 4.79 Å². The Hall–Kier alpha value is -3.22. The zero-order chi connectivity index (χ0) is 20.4. The normalized spacial score (nSPS) is 16.9. The highest BCUT2D eigenvalue weighted by Crippen LogP contribution is 2.31. The van der Waals surface area contributed by atoms with Crippen molar-refractivity contribution in [2.75, 3.05) is 55.0 Å². The first-order valence-electron chi connectivity index (χ1n) is 9.94. The Morgan fingerprint density at radius 2 is 2.17 bits per heavy atom. The van der Waals surface area contributed by atoms with Crippen molar-refractivity contribution in [2.45, 2.75) is 13.0 Å². The molecule has 0 saturated carbocycles. The number of aromatic nitrogens is 2. The molecular weight excluding hydrogens is 366 g/mol. The highest BCUT2D eigenvalue weighted by molar-refractivity contribution is 5.86. The summed E-state index contributed by atoms with van der Waals surface area (Å²) >= 11 is 0. The number of carbonyl (C=O) groups is 1. The number of fused-ring (bicyclic) bond motifs is 1. The number of anilines is 3. The Labute approximate surface area is 170 Å². The van der Waals surface area contributed by atoms with E-state index < -0.39 is 0 Å². The summed E-state index contributed by atoms with van der Waals surface area (Å²) < 4.78 is 5.31. The van der Waals surface area contributed by atoms with E-state index in [0.29, 0.717) is 6.54 Å². The molecule has 7 heteroatoms. The third-order valence-electron chi connectivity index (χ3n) is 5.65. The molecule has 1 unspecified atom stereocenters. The van der Waals surface area contributed by atoms with E-state index in [0.717, 1.165) is 59.9 Å². The zero-order valence-corrected chi connectivity index (χ0v) is 17.1. The van der Waals surface area contributed by atoms with Crippen molar-refractivity contribution in [2.24, 2.45) is 0 Å². The summed E-state index contributed by atoms with van der Waals surface area (Å²) in [5, 5.41) is 1.10. The van der Waals surface area contributed by atoms with E-state index in [4.69, 9.17) is 4.74 Å². The van der Waals surface area contributed by atoms with E-state index in [-0.39, 0.29) is 6.04 Å². The van der Waals surface area contributed by atoms with Gasteiger partial charge < -0.3 is 29.2 Å². The quantitative estimate of drug-likeness (QED) is 0.650. The van der Waals surface area contributed by atoms with E-state index in [1.54, 1.807) is 7.11 Å². The van der Waals surface area contributed by atoms with Gasteiger partial charge in [0, 0.05) is 50.9 Å². The second-order valence-corrected chi connectivity index (χ2v) is 7.31. The topological polar surface area (TPSA) is 64.7 Å². The van der Waals surface area contributed by atoms with E-state index in [9.17, 15) is 4.79 Å². The lowest BCUT2D eigenvalue weighted by atomic mass is 10.1. The van der Waals surface area contributed by atoms with Gasteiger partial charge in [0.1, 0.15) is 23.9 Å². The summed E-state index contributed by atoms with van der Waals surface area (Å²) in [5.41, 5.74) is 2.09. The standard InChI is InChI=1S/C22H27N5O2/c1-4-25(2)20-6-5-9-23-22(20)26-10-11-27(17(14-26)15-28)21-12-16-7-8-18(29-3)13-19(16)24-21/h5-9,12-13,15,17,24H,4,10-11,14H2,1-3H3. The molecule has 1 aliphatic heterocycles. The molecule has 1 aromatic carbocycles. The minimum absolute atomic E-state index is 0.250. The summed E-state index contributed by atoms with van der Waals surface area (Å²) in [6.45, 7) is 5.15. The fourth-order valence-corrected chi connectivity index (χ4v) is 3.89. The maximum Gasteiger partial charge on any atom is 0.152 e. The van der Waals surface area contributed by atoms with Gasteiger partial charge in [-0.15, -0.1) is 0 Å². The zero-order valence-electron chi connectivity index (χ0n) is 17.1. The molecule has 0 amide bonds. The summed E-state index contributed by atoms with van der Waals surface area (Å²) in [7, 11) is 3.72. The minimum Gasteiger partial charge on any atom is -0.497 e. The molecule has 0 spiro atoms. The number of aldehydes is 1. The SMILES string of the molecule is CCN(C)c1cccnc1N1CCN(c2cc3ccc(OC)cc3[nH]2)C(C=O)C1. The van der Waals surface area contributed by atoms with Gasteiger partial charge in [-0.05, 0) is 37.3 Å². The maximum absolute atomic E-state index is 12.0. The molecule has 7 nitrogen and oxygen atoms in total. The molecule has 1 atom stereocenters. The average Bonchev–Trinajstić information content (AvgIpc) is 3.21. The summed E-state index contributed by atoms with van der Waals surface area (Å²) in [5.74, 6) is 2.70. The Morgan fingerprint density at radius 3 is 2.93 bits per heavy atom. The number of nitrogens with one attached hydrogen (secondary N) is 1. The number of aromatic amines is 1. The highest BCUT2D eigenvalue weighted by atomic mass is 16.5. The van der Waals surface area contributed by atoms with Crippen LogP contribution in [0.5, 0.6) is 5.75 Å². The summed E-state index contributed by atoms with van der Waals surface area (Å²) in [4.78, 5) is 26.6. The molecule has 1 N–H and O–H groups in total. The number of benzene rings is 1. The first-order valence-corrected chi connectivity index (χ1v) is 9.94. The van der Waals surface area contributed by atoms with Crippen LogP contribution in [0.15, 0.2) is 42.6 Å². The van der Waals surface area contributed by atoms with E-state index in [1.165, 1.54) is 0 Å². The van der Waals surface area contributed by atoms with Gasteiger partial charge in [0.15, 0.2) is 5.82 Å². The smallest absolute Gasteiger partial charge is 0.152 e. The van der Waals surface area contributed by atoms with Crippen LogP contribution in [-0.4, -0.2) is 62.6 Å². The molecule has 0 radical (unpaired) electrons. The molecule has 0 bridgehead atoms. The second kappa shape index (κ2) is 8.03. The molecule has 1 saturated heterocycles. The van der Waals surface area contributed by atoms with E-state index >= 15 is 0 Å². The molecule has 29 heavy (non-hydrogen) atoms. The molecule has 152 valence electrons. The molecule has 3 aromatic rings. The number of carbonyl (C=O) groups excluding carboxylic acids is 1. The third-order valence-corrected chi connectivity index (χ3v) is 5.65. The molecule has 1 fully saturated rings. The van der Waals surface area contributed by atoms with Crippen molar-refractivity contribution in [1.82, 2.24) is 9.97 Å². The van der Waals surface area contributed by atoms with Crippen molar-refractivity contribution in [3.8, 4) is 5.75 Å². The fraction of sp³-hybridized carbons (Fsp3) is 0.364. The largest absolute Gasteiger partial charge is 0.497 e. The predicted octanol–water partition coefficient (Wildman–Crippen LogP) is 2.92. The van der Waals surface area contributed by atoms with Crippen LogP contribution in [0.1, 0.15) is 6.92 Å². The molecule has 1 aliphatic rings. The Bertz CT molecular complexity index is 1000. The van der Waals surface area contributed by atoms with Crippen molar-refractivity contribution in [1.29, 1.82) is 0 Å². The lowest BCUT2D eigenvalue weighted by molar-refractivity contribution is -0.109. The fourth-order valence-electron chi connectivity index (χ4n) is 3.89. The van der Waals surface area contributed by atoms with Crippen LogP contribution in [0.2, 0.25) is 0 Å². The van der Waals surface area contributed by atoms with Crippen molar-refractivity contribution in [3.63, 3.8) is 0 Å². The van der Waals surface area contributed by atoms with Gasteiger partial charge in [-0.2, -0.15) is 0 Å². The lowest BCUT2D eigenvalue weighted by Gasteiger charge is -2.41. The van der Waals surface area contributed by atoms with Crippen LogP contribution in [0.3, 0.4) is 0 Å². The number of nitrogens with zero attached hydrogens (tertiary/aromatic N) is 4. The minimum atomic E-state index is -0.250. The number of methoxy groups -OCH3 is 1. The molecular formula is C22H27N5O2. The summed E-state index contributed by atoms with van der Waals surface area (Å²) in [6, 6.07) is 11.8. The molecule has 0 aliphatic carbocycles. The first-order chi connectivity index (χ1) is 14.1. The number of H-pyrrole nitrogens is 1. The van der Waals surface area contributed by atoms with Crippen molar-refractivity contribution < 1.29 is 9.53 Å². The van der Waals surface area contributed by atoms with Gasteiger partial charge >= 0.3 is 0 Å². The van der Waals surface area contributed by atoms with Gasteiger partial charge in [0.2, 0.25) is 0 Å². The third kappa shape index (κ3) is 3.60. The number of hydrogen-bond donors (Lipinski definition) is 1. The average molecular weight is 393 g/mol. The lowest BCUT2D eigenvalue weighted by Crippen LogP contribution is -2.54. The van der Waals surface area contributed by atoms with E-state index in [1.807, 2.05) is 30.5 Å². The number of piperazine rings is 1. The van der Waals surface area contributed by atoms with Crippen molar-refractivity contribution in [3.05, 3.63) is 42.6 Å². The number of pyridine rings is 1. The second-order valence-electron chi connectivity index (χ2n) is 7.31. The maximum atomic E-state index is 12.0. The van der Waals surface area contributed by atoms with Gasteiger partial charge in [-0.25, -0.2) is 4.98 Å². The molecule has 3 heterocycles. The number of ether oxygens (including phenoxy) is 1. The molecule has 4 rings (SSSR count). The van der Waals surface area contributed by atoms with Crippen LogP contribution >= 0.6 is 0 Å². The van der Waals surface area contributed by atoms with Gasteiger partial charge in [0.25, 0.3) is 0 Å². The molecule has 2 aromatic heterocycles. The monoisotopic (exact) mass is 393 g/mol. The highest BCUT2D eigenvalue weighted by Gasteiger charge is 2.30. The Morgan fingerprint density at radius 1 is 1.31 bits per heavy atom. The summed E-state index contributed by atoms with van der Waals surface area (Å²) in [6.07, 6.45) is 2.85. The van der Waals surface area contributed by atoms with E-state index in [2.05, 4.69) is 50.8 Å². The number of rotatable bonds is 6. The Balaban J connectivity index is 1.59. The van der Waals surface area contributed by atoms with Crippen molar-refractivity contribution >= 4 is 34.5 Å². The Kier molecular flexibility index (Phi) is 5.29. The van der Waals surface area contributed by atoms with Gasteiger partial charge in [-0.3, -0.25) is 0 Å². The van der Waals surface area contributed by atoms with Crippen LogP contribution in [0.4, 0.5) is 17.3 Å². The van der Waals surface area contributed by atoms with Crippen LogP contribution in [0, 0.1) is 0 Å². The number of hydrogen-bond acceptors (Lipinski definition) is 6. The predicted molar refractivity (Wildman–Crippen MR) is 117 cm³/mol. The van der Waals surface area contributed by atoms with Crippen LogP contribution < -0.4 is 19.4 Å².